The van der Waals surface area contributed by atoms with Gasteiger partial charge < -0.3 is 15.8 Å². The van der Waals surface area contributed by atoms with Crippen LogP contribution in [0.3, 0.4) is 0 Å². The molecular formula is C14H20ClN3O2. The standard InChI is InChI=1S/C14H20ClN3O2/c1-17-14(19)13-9-20-7-6-18(13)12(8-16)10-2-4-11(15)5-3-10/h2-5,12-13H,6-9,16H2,1H3,(H,17,19). The topological polar surface area (TPSA) is 67.6 Å². The third-order valence-corrected chi connectivity index (χ3v) is 3.85. The van der Waals surface area contributed by atoms with E-state index in [1.54, 1.807) is 7.05 Å². The summed E-state index contributed by atoms with van der Waals surface area (Å²) < 4.78 is 5.42. The van der Waals surface area contributed by atoms with Crippen LogP contribution < -0.4 is 11.1 Å². The van der Waals surface area contributed by atoms with Gasteiger partial charge >= 0.3 is 0 Å². The molecule has 1 fully saturated rings. The van der Waals surface area contributed by atoms with E-state index < -0.39 is 0 Å². The van der Waals surface area contributed by atoms with E-state index in [0.717, 1.165) is 5.56 Å². The molecule has 5 nitrogen and oxygen atoms in total. The number of rotatable bonds is 4. The molecular weight excluding hydrogens is 278 g/mol. The predicted molar refractivity (Wildman–Crippen MR) is 78.6 cm³/mol. The second-order valence-corrected chi connectivity index (χ2v) is 5.18. The molecule has 1 aromatic rings. The lowest BCUT2D eigenvalue weighted by atomic mass is 10.0. The number of nitrogens with one attached hydrogen (secondary N) is 1. The number of benzene rings is 1. The highest BCUT2D eigenvalue weighted by Crippen LogP contribution is 2.25. The minimum atomic E-state index is -0.307. The van der Waals surface area contributed by atoms with Gasteiger partial charge in [-0.1, -0.05) is 23.7 Å². The summed E-state index contributed by atoms with van der Waals surface area (Å²) in [6.45, 7) is 2.12. The van der Waals surface area contributed by atoms with Crippen LogP contribution in [0.1, 0.15) is 11.6 Å². The molecule has 1 saturated heterocycles. The van der Waals surface area contributed by atoms with Crippen LogP contribution in [0, 0.1) is 0 Å². The second-order valence-electron chi connectivity index (χ2n) is 4.75. The van der Waals surface area contributed by atoms with E-state index in [4.69, 9.17) is 22.1 Å². The van der Waals surface area contributed by atoms with Crippen molar-refractivity contribution in [2.24, 2.45) is 5.73 Å². The number of carbonyl (C=O) groups is 1. The van der Waals surface area contributed by atoms with Crippen LogP contribution in [0.2, 0.25) is 5.02 Å². The fourth-order valence-electron chi connectivity index (χ4n) is 2.53. The molecule has 1 aliphatic heterocycles. The molecule has 1 heterocycles. The molecule has 3 N–H and O–H groups in total. The van der Waals surface area contributed by atoms with Crippen molar-refractivity contribution < 1.29 is 9.53 Å². The fraction of sp³-hybridized carbons (Fsp3) is 0.500. The highest BCUT2D eigenvalue weighted by atomic mass is 35.5. The van der Waals surface area contributed by atoms with Crippen molar-refractivity contribution in [3.05, 3.63) is 34.9 Å². The normalized spacial score (nSPS) is 21.4. The van der Waals surface area contributed by atoms with Gasteiger partial charge in [0.25, 0.3) is 0 Å². The summed E-state index contributed by atoms with van der Waals surface area (Å²) in [5.41, 5.74) is 6.99. The second kappa shape index (κ2) is 7.04. The fourth-order valence-corrected chi connectivity index (χ4v) is 2.66. The van der Waals surface area contributed by atoms with Crippen LogP contribution in [0.5, 0.6) is 0 Å². The van der Waals surface area contributed by atoms with Crippen LogP contribution in [0.25, 0.3) is 0 Å². The predicted octanol–water partition coefficient (Wildman–Crippen LogP) is 0.787. The van der Waals surface area contributed by atoms with Gasteiger partial charge in [-0.05, 0) is 17.7 Å². The maximum absolute atomic E-state index is 12.0. The lowest BCUT2D eigenvalue weighted by Crippen LogP contribution is -2.55. The largest absolute Gasteiger partial charge is 0.378 e. The van der Waals surface area contributed by atoms with Crippen molar-refractivity contribution in [1.82, 2.24) is 10.2 Å². The molecule has 0 aromatic heterocycles. The number of nitrogens with zero attached hydrogens (tertiary/aromatic N) is 1. The molecule has 2 rings (SSSR count). The van der Waals surface area contributed by atoms with E-state index in [9.17, 15) is 4.79 Å². The molecule has 1 aromatic carbocycles. The summed E-state index contributed by atoms with van der Waals surface area (Å²) in [6, 6.07) is 7.27. The van der Waals surface area contributed by atoms with Gasteiger partial charge in [0, 0.05) is 31.2 Å². The summed E-state index contributed by atoms with van der Waals surface area (Å²) in [7, 11) is 1.63. The Morgan fingerprint density at radius 2 is 2.25 bits per heavy atom. The molecule has 2 unspecified atom stereocenters. The van der Waals surface area contributed by atoms with Gasteiger partial charge in [0.1, 0.15) is 6.04 Å². The number of morpholine rings is 1. The zero-order valence-corrected chi connectivity index (χ0v) is 12.3. The molecule has 110 valence electrons. The average molecular weight is 298 g/mol. The summed E-state index contributed by atoms with van der Waals surface area (Å²) in [5.74, 6) is -0.0443. The minimum Gasteiger partial charge on any atom is -0.378 e. The van der Waals surface area contributed by atoms with Crippen LogP contribution >= 0.6 is 11.6 Å². The van der Waals surface area contributed by atoms with Gasteiger partial charge in [0.15, 0.2) is 0 Å². The lowest BCUT2D eigenvalue weighted by molar-refractivity contribution is -0.134. The Labute approximate surface area is 124 Å². The van der Waals surface area contributed by atoms with Gasteiger partial charge in [0.2, 0.25) is 5.91 Å². The van der Waals surface area contributed by atoms with Crippen LogP contribution in [0.4, 0.5) is 0 Å². The summed E-state index contributed by atoms with van der Waals surface area (Å²) in [4.78, 5) is 14.1. The molecule has 0 spiro atoms. The average Bonchev–Trinajstić information content (AvgIpc) is 2.49. The van der Waals surface area contributed by atoms with Crippen molar-refractivity contribution in [3.63, 3.8) is 0 Å². The number of amides is 1. The van der Waals surface area contributed by atoms with Crippen LogP contribution in [-0.2, 0) is 9.53 Å². The molecule has 6 heteroatoms. The molecule has 1 aliphatic rings. The lowest BCUT2D eigenvalue weighted by Gasteiger charge is -2.39. The Kier molecular flexibility index (Phi) is 5.37. The van der Waals surface area contributed by atoms with E-state index in [1.165, 1.54) is 0 Å². The molecule has 0 bridgehead atoms. The SMILES string of the molecule is CNC(=O)C1COCCN1C(CN)c1ccc(Cl)cc1. The van der Waals surface area contributed by atoms with Gasteiger partial charge in [0.05, 0.1) is 13.2 Å². The number of ether oxygens (including phenoxy) is 1. The smallest absolute Gasteiger partial charge is 0.239 e. The van der Waals surface area contributed by atoms with Crippen molar-refractivity contribution in [2.45, 2.75) is 12.1 Å². The van der Waals surface area contributed by atoms with Gasteiger partial charge in [-0.15, -0.1) is 0 Å². The molecule has 20 heavy (non-hydrogen) atoms. The molecule has 0 saturated carbocycles. The first-order chi connectivity index (χ1) is 9.67. The van der Waals surface area contributed by atoms with E-state index in [1.807, 2.05) is 24.3 Å². The monoisotopic (exact) mass is 297 g/mol. The highest BCUT2D eigenvalue weighted by Gasteiger charge is 2.33. The van der Waals surface area contributed by atoms with Crippen LogP contribution in [0.15, 0.2) is 24.3 Å². The van der Waals surface area contributed by atoms with Gasteiger partial charge in [-0.2, -0.15) is 0 Å². The van der Waals surface area contributed by atoms with E-state index in [2.05, 4.69) is 10.2 Å². The maximum atomic E-state index is 12.0. The molecule has 1 amide bonds. The first kappa shape index (κ1) is 15.3. The van der Waals surface area contributed by atoms with Crippen molar-refractivity contribution in [1.29, 1.82) is 0 Å². The van der Waals surface area contributed by atoms with Crippen LogP contribution in [-0.4, -0.2) is 50.2 Å². The number of halogens is 1. The number of carbonyl (C=O) groups excluding carboxylic acids is 1. The number of likely N-dealkylation sites (N-methyl/N-ethyl adjacent to an activating group) is 1. The third-order valence-electron chi connectivity index (χ3n) is 3.60. The number of nitrogens with two attached hydrogens (primary N) is 1. The highest BCUT2D eigenvalue weighted by molar-refractivity contribution is 6.30. The first-order valence-corrected chi connectivity index (χ1v) is 7.05. The quantitative estimate of drug-likeness (QED) is 0.862. The Bertz CT molecular complexity index is 452. The van der Waals surface area contributed by atoms with E-state index >= 15 is 0 Å². The van der Waals surface area contributed by atoms with Gasteiger partial charge in [-0.25, -0.2) is 0 Å². The van der Waals surface area contributed by atoms with Crippen molar-refractivity contribution in [3.8, 4) is 0 Å². The van der Waals surface area contributed by atoms with E-state index in [0.29, 0.717) is 31.3 Å². The molecule has 2 atom stereocenters. The summed E-state index contributed by atoms with van der Waals surface area (Å²) >= 11 is 5.92. The van der Waals surface area contributed by atoms with Crippen molar-refractivity contribution >= 4 is 17.5 Å². The number of hydrogen-bond donors (Lipinski definition) is 2. The molecule has 0 radical (unpaired) electrons. The van der Waals surface area contributed by atoms with E-state index in [-0.39, 0.29) is 18.0 Å². The Morgan fingerprint density at radius 1 is 1.55 bits per heavy atom. The zero-order valence-electron chi connectivity index (χ0n) is 11.5. The molecule has 0 aliphatic carbocycles. The first-order valence-electron chi connectivity index (χ1n) is 6.68. The third kappa shape index (κ3) is 3.30. The van der Waals surface area contributed by atoms with Crippen molar-refractivity contribution in [2.75, 3.05) is 33.4 Å². The zero-order chi connectivity index (χ0) is 14.5. The maximum Gasteiger partial charge on any atom is 0.239 e. The summed E-state index contributed by atoms with van der Waals surface area (Å²) in [6.07, 6.45) is 0. The minimum absolute atomic E-state index is 0.0153. The van der Waals surface area contributed by atoms with Gasteiger partial charge in [-0.3, -0.25) is 9.69 Å². The summed E-state index contributed by atoms with van der Waals surface area (Å²) in [5, 5.41) is 3.37. The number of hydrogen-bond acceptors (Lipinski definition) is 4. The Morgan fingerprint density at radius 3 is 2.85 bits per heavy atom. The Balaban J connectivity index is 2.23. The Hall–Kier alpha value is -1.14.